The molecule has 0 aliphatic heterocycles. The van der Waals surface area contributed by atoms with Gasteiger partial charge in [0.1, 0.15) is 5.60 Å². The molecule has 2 atom stereocenters. The van der Waals surface area contributed by atoms with E-state index in [1.54, 1.807) is 7.11 Å². The van der Waals surface area contributed by atoms with Crippen LogP contribution in [0.5, 0.6) is 0 Å². The SMILES string of the molecule is CO[C@]1(C)C[C@@H](C)CCC1=O. The van der Waals surface area contributed by atoms with E-state index in [0.29, 0.717) is 12.3 Å². The van der Waals surface area contributed by atoms with Crippen LogP contribution >= 0.6 is 0 Å². The summed E-state index contributed by atoms with van der Waals surface area (Å²) in [5.41, 5.74) is -0.488. The molecule has 1 aliphatic rings. The lowest BCUT2D eigenvalue weighted by Crippen LogP contribution is -2.42. The molecule has 0 spiro atoms. The number of ether oxygens (including phenoxy) is 1. The third kappa shape index (κ3) is 1.62. The van der Waals surface area contributed by atoms with Gasteiger partial charge >= 0.3 is 0 Å². The molecule has 0 unspecified atom stereocenters. The van der Waals surface area contributed by atoms with E-state index in [0.717, 1.165) is 12.8 Å². The Hall–Kier alpha value is -0.370. The minimum absolute atomic E-state index is 0.262. The van der Waals surface area contributed by atoms with Crippen LogP contribution in [0.2, 0.25) is 0 Å². The highest BCUT2D eigenvalue weighted by Crippen LogP contribution is 2.31. The number of methoxy groups -OCH3 is 1. The molecule has 1 saturated carbocycles. The van der Waals surface area contributed by atoms with Crippen molar-refractivity contribution in [3.05, 3.63) is 0 Å². The molecule has 2 nitrogen and oxygen atoms in total. The molecule has 0 N–H and O–H groups in total. The van der Waals surface area contributed by atoms with E-state index >= 15 is 0 Å². The topological polar surface area (TPSA) is 26.3 Å². The first kappa shape index (κ1) is 8.72. The van der Waals surface area contributed by atoms with Crippen LogP contribution in [0.3, 0.4) is 0 Å². The van der Waals surface area contributed by atoms with Crippen LogP contribution in [0.4, 0.5) is 0 Å². The molecule has 64 valence electrons. The summed E-state index contributed by atoms with van der Waals surface area (Å²) in [4.78, 5) is 11.4. The van der Waals surface area contributed by atoms with Gasteiger partial charge in [-0.3, -0.25) is 4.79 Å². The van der Waals surface area contributed by atoms with E-state index in [2.05, 4.69) is 6.92 Å². The zero-order valence-electron chi connectivity index (χ0n) is 7.52. The van der Waals surface area contributed by atoms with Gasteiger partial charge in [0.15, 0.2) is 5.78 Å². The van der Waals surface area contributed by atoms with Gasteiger partial charge in [0, 0.05) is 13.5 Å². The monoisotopic (exact) mass is 156 g/mol. The van der Waals surface area contributed by atoms with Crippen LogP contribution in [0.25, 0.3) is 0 Å². The van der Waals surface area contributed by atoms with Crippen LogP contribution in [-0.2, 0) is 9.53 Å². The molecule has 2 heteroatoms. The first-order chi connectivity index (χ1) is 5.08. The van der Waals surface area contributed by atoms with Crippen molar-refractivity contribution in [2.24, 2.45) is 5.92 Å². The molecule has 0 aromatic heterocycles. The smallest absolute Gasteiger partial charge is 0.164 e. The van der Waals surface area contributed by atoms with Gasteiger partial charge in [0.25, 0.3) is 0 Å². The van der Waals surface area contributed by atoms with Crippen LogP contribution in [0.15, 0.2) is 0 Å². The van der Waals surface area contributed by atoms with Gasteiger partial charge in [-0.15, -0.1) is 0 Å². The number of Topliss-reactive ketones (excluding diaryl/α,β-unsaturated/α-hetero) is 1. The van der Waals surface area contributed by atoms with Gasteiger partial charge in [-0.2, -0.15) is 0 Å². The van der Waals surface area contributed by atoms with Crippen molar-refractivity contribution in [2.45, 2.75) is 38.7 Å². The third-order valence-corrected chi connectivity index (χ3v) is 2.64. The molecule has 0 heterocycles. The molecular formula is C9H16O2. The number of hydrogen-bond acceptors (Lipinski definition) is 2. The zero-order chi connectivity index (χ0) is 8.48. The Kier molecular flexibility index (Phi) is 2.33. The van der Waals surface area contributed by atoms with Crippen LogP contribution in [-0.4, -0.2) is 18.5 Å². The standard InChI is InChI=1S/C9H16O2/c1-7-4-5-8(10)9(2,6-7)11-3/h7H,4-6H2,1-3H3/t7-,9+/m0/s1. The van der Waals surface area contributed by atoms with E-state index < -0.39 is 5.60 Å². The predicted molar refractivity (Wildman–Crippen MR) is 43.4 cm³/mol. The maximum absolute atomic E-state index is 11.4. The summed E-state index contributed by atoms with van der Waals surface area (Å²) in [5.74, 6) is 0.885. The molecule has 0 radical (unpaired) electrons. The van der Waals surface area contributed by atoms with E-state index in [4.69, 9.17) is 4.74 Å². The van der Waals surface area contributed by atoms with E-state index in [1.807, 2.05) is 6.92 Å². The van der Waals surface area contributed by atoms with Crippen molar-refractivity contribution < 1.29 is 9.53 Å². The quantitative estimate of drug-likeness (QED) is 0.578. The van der Waals surface area contributed by atoms with Crippen molar-refractivity contribution >= 4 is 5.78 Å². The Balaban J connectivity index is 2.68. The maximum atomic E-state index is 11.4. The predicted octanol–water partition coefficient (Wildman–Crippen LogP) is 1.78. The molecule has 0 bridgehead atoms. The summed E-state index contributed by atoms with van der Waals surface area (Å²) in [6, 6.07) is 0. The minimum atomic E-state index is -0.488. The summed E-state index contributed by atoms with van der Waals surface area (Å²) in [5, 5.41) is 0. The Bertz CT molecular complexity index is 165. The lowest BCUT2D eigenvalue weighted by molar-refractivity contribution is -0.144. The molecule has 1 aliphatic carbocycles. The number of carbonyl (C=O) groups is 1. The average molecular weight is 156 g/mol. The molecule has 11 heavy (non-hydrogen) atoms. The van der Waals surface area contributed by atoms with Crippen molar-refractivity contribution in [1.29, 1.82) is 0 Å². The van der Waals surface area contributed by atoms with Crippen molar-refractivity contribution in [3.63, 3.8) is 0 Å². The number of rotatable bonds is 1. The second-order valence-corrected chi connectivity index (χ2v) is 3.71. The number of ketones is 1. The first-order valence-electron chi connectivity index (χ1n) is 4.17. The van der Waals surface area contributed by atoms with E-state index in [9.17, 15) is 4.79 Å². The minimum Gasteiger partial charge on any atom is -0.371 e. The van der Waals surface area contributed by atoms with Crippen molar-refractivity contribution in [1.82, 2.24) is 0 Å². The van der Waals surface area contributed by atoms with Crippen LogP contribution in [0, 0.1) is 5.92 Å². The Morgan fingerprint density at radius 2 is 2.27 bits per heavy atom. The third-order valence-electron chi connectivity index (χ3n) is 2.64. The highest BCUT2D eigenvalue weighted by atomic mass is 16.5. The van der Waals surface area contributed by atoms with Gasteiger partial charge in [-0.25, -0.2) is 0 Å². The largest absolute Gasteiger partial charge is 0.371 e. The summed E-state index contributed by atoms with van der Waals surface area (Å²) in [7, 11) is 1.62. The van der Waals surface area contributed by atoms with Gasteiger partial charge in [0.05, 0.1) is 0 Å². The van der Waals surface area contributed by atoms with Gasteiger partial charge < -0.3 is 4.74 Å². The van der Waals surface area contributed by atoms with Gasteiger partial charge in [-0.1, -0.05) is 6.92 Å². The highest BCUT2D eigenvalue weighted by Gasteiger charge is 2.37. The van der Waals surface area contributed by atoms with E-state index in [1.165, 1.54) is 0 Å². The maximum Gasteiger partial charge on any atom is 0.164 e. The molecule has 0 aromatic carbocycles. The zero-order valence-corrected chi connectivity index (χ0v) is 7.52. The fourth-order valence-corrected chi connectivity index (χ4v) is 1.72. The first-order valence-corrected chi connectivity index (χ1v) is 4.17. The van der Waals surface area contributed by atoms with Crippen molar-refractivity contribution in [3.8, 4) is 0 Å². The fraction of sp³-hybridized carbons (Fsp3) is 0.889. The van der Waals surface area contributed by atoms with Crippen LogP contribution < -0.4 is 0 Å². The molecule has 0 saturated heterocycles. The summed E-state index contributed by atoms with van der Waals surface area (Å²) in [6.45, 7) is 4.06. The van der Waals surface area contributed by atoms with E-state index in [-0.39, 0.29) is 5.78 Å². The van der Waals surface area contributed by atoms with Crippen molar-refractivity contribution in [2.75, 3.05) is 7.11 Å². The van der Waals surface area contributed by atoms with Crippen LogP contribution in [0.1, 0.15) is 33.1 Å². The number of carbonyl (C=O) groups excluding carboxylic acids is 1. The lowest BCUT2D eigenvalue weighted by Gasteiger charge is -2.33. The Labute approximate surface area is 67.9 Å². The van der Waals surface area contributed by atoms with Gasteiger partial charge in [0.2, 0.25) is 0 Å². The Morgan fingerprint density at radius 1 is 1.64 bits per heavy atom. The Morgan fingerprint density at radius 3 is 2.73 bits per heavy atom. The summed E-state index contributed by atoms with van der Waals surface area (Å²) >= 11 is 0. The molecule has 0 aromatic rings. The highest BCUT2D eigenvalue weighted by molar-refractivity contribution is 5.87. The lowest BCUT2D eigenvalue weighted by atomic mass is 9.79. The summed E-state index contributed by atoms with van der Waals surface area (Å²) < 4.78 is 5.21. The van der Waals surface area contributed by atoms with Gasteiger partial charge in [-0.05, 0) is 25.7 Å². The molecule has 0 amide bonds. The number of hydrogen-bond donors (Lipinski definition) is 0. The fourth-order valence-electron chi connectivity index (χ4n) is 1.72. The second kappa shape index (κ2) is 2.94. The average Bonchev–Trinajstić information content (AvgIpc) is 1.98. The second-order valence-electron chi connectivity index (χ2n) is 3.71. The molecule has 1 fully saturated rings. The molecular weight excluding hydrogens is 140 g/mol. The molecule has 1 rings (SSSR count). The normalized spacial score (nSPS) is 39.2. The summed E-state index contributed by atoms with van der Waals surface area (Å²) in [6.07, 6.45) is 2.59.